The van der Waals surface area contributed by atoms with E-state index in [4.69, 9.17) is 10.2 Å². The summed E-state index contributed by atoms with van der Waals surface area (Å²) in [4.78, 5) is 22.0. The highest BCUT2D eigenvalue weighted by Gasteiger charge is 2.29. The average Bonchev–Trinajstić information content (AvgIpc) is 2.26. The molecule has 4 nitrogen and oxygen atoms in total. The van der Waals surface area contributed by atoms with Gasteiger partial charge in [0.25, 0.3) is 0 Å². The van der Waals surface area contributed by atoms with Crippen LogP contribution in [-0.4, -0.2) is 22.2 Å². The zero-order valence-corrected chi connectivity index (χ0v) is 9.23. The first-order chi connectivity index (χ1) is 7.51. The van der Waals surface area contributed by atoms with Crippen molar-refractivity contribution in [1.29, 1.82) is 0 Å². The molecular weight excluding hydrogens is 208 g/mol. The fraction of sp³-hybridized carbons (Fsp3) is 0.333. The molecule has 0 spiro atoms. The van der Waals surface area contributed by atoms with E-state index >= 15 is 0 Å². The van der Waals surface area contributed by atoms with E-state index < -0.39 is 17.9 Å². The quantitative estimate of drug-likeness (QED) is 0.701. The molecule has 1 aliphatic carbocycles. The zero-order valence-electron chi connectivity index (χ0n) is 9.23. The largest absolute Gasteiger partial charge is 0.481 e. The molecule has 86 valence electrons. The fourth-order valence-electron chi connectivity index (χ4n) is 1.78. The van der Waals surface area contributed by atoms with Crippen LogP contribution in [0.4, 0.5) is 0 Å². The normalized spacial score (nSPS) is 25.6. The van der Waals surface area contributed by atoms with Crippen molar-refractivity contribution in [1.82, 2.24) is 0 Å². The predicted molar refractivity (Wildman–Crippen MR) is 59.0 cm³/mol. The van der Waals surface area contributed by atoms with Gasteiger partial charge < -0.3 is 10.2 Å². The Morgan fingerprint density at radius 1 is 1.31 bits per heavy atom. The van der Waals surface area contributed by atoms with E-state index in [0.29, 0.717) is 12.0 Å². The molecule has 0 radical (unpaired) electrons. The van der Waals surface area contributed by atoms with Crippen LogP contribution < -0.4 is 0 Å². The highest BCUT2D eigenvalue weighted by Crippen LogP contribution is 2.32. The second-order valence-corrected chi connectivity index (χ2v) is 3.56. The summed E-state index contributed by atoms with van der Waals surface area (Å²) in [5, 5.41) is 18.0. The lowest BCUT2D eigenvalue weighted by Crippen LogP contribution is -2.21. The average molecular weight is 222 g/mol. The second kappa shape index (κ2) is 4.79. The first-order valence-corrected chi connectivity index (χ1v) is 4.99. The molecule has 2 N–H and O–H groups in total. The molecule has 4 heteroatoms. The fourth-order valence-corrected chi connectivity index (χ4v) is 1.78. The first kappa shape index (κ1) is 12.2. The van der Waals surface area contributed by atoms with Crippen LogP contribution in [-0.2, 0) is 9.59 Å². The van der Waals surface area contributed by atoms with Crippen molar-refractivity contribution in [3.8, 4) is 0 Å². The minimum Gasteiger partial charge on any atom is -0.481 e. The molecule has 0 heterocycles. The standard InChI is InChI=1S/C12H14O4/c1-3-7-5-8(4-2)10(12(15)16)6-9(7)11(13)14/h3-4,6,9H,5H2,1-2H3,(H,13,14)(H,15,16). The van der Waals surface area contributed by atoms with Gasteiger partial charge in [-0.25, -0.2) is 4.79 Å². The third kappa shape index (κ3) is 2.21. The Morgan fingerprint density at radius 2 is 1.94 bits per heavy atom. The molecule has 0 fully saturated rings. The van der Waals surface area contributed by atoms with Gasteiger partial charge in [0.15, 0.2) is 0 Å². The van der Waals surface area contributed by atoms with Crippen molar-refractivity contribution in [2.75, 3.05) is 0 Å². The van der Waals surface area contributed by atoms with Gasteiger partial charge in [-0.1, -0.05) is 23.8 Å². The lowest BCUT2D eigenvalue weighted by Gasteiger charge is -2.22. The summed E-state index contributed by atoms with van der Waals surface area (Å²) in [5.74, 6) is -2.91. The van der Waals surface area contributed by atoms with Crippen molar-refractivity contribution >= 4 is 11.9 Å². The van der Waals surface area contributed by atoms with Crippen molar-refractivity contribution in [3.05, 3.63) is 34.9 Å². The van der Waals surface area contributed by atoms with Crippen LogP contribution in [0.3, 0.4) is 0 Å². The van der Waals surface area contributed by atoms with Gasteiger partial charge in [0.05, 0.1) is 11.5 Å². The van der Waals surface area contributed by atoms with Gasteiger partial charge in [0.2, 0.25) is 0 Å². The van der Waals surface area contributed by atoms with Gasteiger partial charge >= 0.3 is 11.9 Å². The number of hydrogen-bond donors (Lipinski definition) is 2. The van der Waals surface area contributed by atoms with Crippen molar-refractivity contribution in [2.24, 2.45) is 5.92 Å². The Hall–Kier alpha value is -1.84. The Kier molecular flexibility index (Phi) is 3.66. The van der Waals surface area contributed by atoms with Crippen molar-refractivity contribution in [2.45, 2.75) is 20.3 Å². The van der Waals surface area contributed by atoms with E-state index in [1.54, 1.807) is 26.0 Å². The lowest BCUT2D eigenvalue weighted by atomic mass is 9.82. The minimum atomic E-state index is -1.07. The first-order valence-electron chi connectivity index (χ1n) is 4.99. The number of carboxylic acids is 2. The number of carboxylic acid groups (broad SMARTS) is 2. The van der Waals surface area contributed by atoms with E-state index in [1.165, 1.54) is 6.08 Å². The maximum Gasteiger partial charge on any atom is 0.335 e. The van der Waals surface area contributed by atoms with Gasteiger partial charge in [0, 0.05) is 0 Å². The van der Waals surface area contributed by atoms with Gasteiger partial charge in [-0.15, -0.1) is 0 Å². The maximum absolute atomic E-state index is 11.0. The number of carbonyl (C=O) groups is 2. The molecule has 0 aromatic rings. The van der Waals surface area contributed by atoms with E-state index in [2.05, 4.69) is 0 Å². The summed E-state index contributed by atoms with van der Waals surface area (Å²) in [7, 11) is 0. The summed E-state index contributed by atoms with van der Waals surface area (Å²) in [5.41, 5.74) is 1.49. The van der Waals surface area contributed by atoms with Crippen LogP contribution in [0.25, 0.3) is 0 Å². The number of allylic oxidation sites excluding steroid dienone is 2. The summed E-state index contributed by atoms with van der Waals surface area (Å²) in [6.45, 7) is 3.51. The van der Waals surface area contributed by atoms with Gasteiger partial charge in [-0.2, -0.15) is 0 Å². The van der Waals surface area contributed by atoms with Gasteiger partial charge in [-0.3, -0.25) is 4.79 Å². The topological polar surface area (TPSA) is 74.6 Å². The van der Waals surface area contributed by atoms with Crippen LogP contribution in [0.2, 0.25) is 0 Å². The van der Waals surface area contributed by atoms with Crippen LogP contribution in [0.5, 0.6) is 0 Å². The molecule has 0 aromatic heterocycles. The van der Waals surface area contributed by atoms with Crippen LogP contribution >= 0.6 is 0 Å². The van der Waals surface area contributed by atoms with Crippen molar-refractivity contribution < 1.29 is 19.8 Å². The Morgan fingerprint density at radius 3 is 2.31 bits per heavy atom. The van der Waals surface area contributed by atoms with E-state index in [1.807, 2.05) is 0 Å². The Bertz CT molecular complexity index is 413. The highest BCUT2D eigenvalue weighted by atomic mass is 16.4. The van der Waals surface area contributed by atoms with E-state index in [0.717, 1.165) is 5.57 Å². The summed E-state index contributed by atoms with van der Waals surface area (Å²) < 4.78 is 0. The second-order valence-electron chi connectivity index (χ2n) is 3.56. The molecule has 0 aliphatic heterocycles. The third-order valence-corrected chi connectivity index (χ3v) is 2.69. The van der Waals surface area contributed by atoms with Crippen LogP contribution in [0.15, 0.2) is 34.9 Å². The number of aliphatic carboxylic acids is 2. The number of hydrogen-bond acceptors (Lipinski definition) is 2. The maximum atomic E-state index is 11.0. The van der Waals surface area contributed by atoms with E-state index in [9.17, 15) is 9.59 Å². The summed E-state index contributed by atoms with van der Waals surface area (Å²) in [6, 6.07) is 0. The molecule has 1 aliphatic rings. The molecular formula is C12H14O4. The monoisotopic (exact) mass is 222 g/mol. The summed E-state index contributed by atoms with van der Waals surface area (Å²) in [6.07, 6.45) is 5.14. The zero-order chi connectivity index (χ0) is 12.3. The highest BCUT2D eigenvalue weighted by molar-refractivity contribution is 5.94. The molecule has 1 rings (SSSR count). The Labute approximate surface area is 93.6 Å². The molecule has 0 amide bonds. The van der Waals surface area contributed by atoms with Crippen LogP contribution in [0.1, 0.15) is 20.3 Å². The molecule has 1 unspecified atom stereocenters. The third-order valence-electron chi connectivity index (χ3n) is 2.69. The Balaban J connectivity index is 3.26. The predicted octanol–water partition coefficient (Wildman–Crippen LogP) is 1.99. The summed E-state index contributed by atoms with van der Waals surface area (Å²) >= 11 is 0. The number of rotatable bonds is 2. The molecule has 0 saturated heterocycles. The van der Waals surface area contributed by atoms with Gasteiger partial charge in [-0.05, 0) is 25.8 Å². The molecule has 1 atom stereocenters. The molecule has 0 aromatic carbocycles. The molecule has 0 saturated carbocycles. The van der Waals surface area contributed by atoms with E-state index in [-0.39, 0.29) is 5.57 Å². The lowest BCUT2D eigenvalue weighted by molar-refractivity contribution is -0.139. The molecule has 0 bridgehead atoms. The smallest absolute Gasteiger partial charge is 0.335 e. The van der Waals surface area contributed by atoms with Gasteiger partial charge in [0.1, 0.15) is 0 Å². The molecule has 16 heavy (non-hydrogen) atoms. The van der Waals surface area contributed by atoms with Crippen LogP contribution in [0, 0.1) is 5.92 Å². The SMILES string of the molecule is CC=C1CC(=CC)C(C(=O)O)C=C1C(=O)O. The van der Waals surface area contributed by atoms with Crippen molar-refractivity contribution in [3.63, 3.8) is 0 Å². The minimum absolute atomic E-state index is 0.0977.